The first-order valence-corrected chi connectivity index (χ1v) is 28.5. The van der Waals surface area contributed by atoms with Gasteiger partial charge in [-0.3, -0.25) is 0 Å². The molecule has 0 aliphatic heterocycles. The maximum Gasteiger partial charge on any atom is 3.00 e. The second kappa shape index (κ2) is 59.7. The second-order valence-electron chi connectivity index (χ2n) is 17.4. The second-order valence-corrected chi connectivity index (χ2v) is 20.5. The van der Waals surface area contributed by atoms with Gasteiger partial charge in [0.05, 0.1) is 0 Å². The van der Waals surface area contributed by atoms with Crippen molar-refractivity contribution in [2.24, 2.45) is 0 Å². The monoisotopic (exact) mass is 1090 g/mol. The van der Waals surface area contributed by atoms with Gasteiger partial charge in [-0.05, 0) is 38.5 Å². The van der Waals surface area contributed by atoms with Crippen LogP contribution in [-0.4, -0.2) is 66.9 Å². The van der Waals surface area contributed by atoms with Crippen LogP contribution in [0.3, 0.4) is 0 Å². The molecule has 10 heteroatoms. The van der Waals surface area contributed by atoms with Crippen LogP contribution in [0.5, 0.6) is 0 Å². The van der Waals surface area contributed by atoms with Crippen molar-refractivity contribution in [3.8, 4) is 0 Å². The minimum Gasteiger partial charge on any atom is -0.411 e. The largest absolute Gasteiger partial charge is 3.00 e. The van der Waals surface area contributed by atoms with Gasteiger partial charge in [0, 0.05) is 39.3 Å². The van der Waals surface area contributed by atoms with Crippen molar-refractivity contribution in [1.82, 2.24) is 14.7 Å². The number of hydrogen-bond acceptors (Lipinski definition) is 6. The Morgan fingerprint density at radius 3 is 0.475 bits per heavy atom. The molecular weight excluding hydrogens is 987 g/mol. The van der Waals surface area contributed by atoms with Gasteiger partial charge in [-0.2, -0.15) is 0 Å². The van der Waals surface area contributed by atoms with Crippen LogP contribution in [0, 0.1) is 41.7 Å². The van der Waals surface area contributed by atoms with E-state index in [9.17, 15) is 0 Å². The van der Waals surface area contributed by atoms with Crippen LogP contribution in [0.4, 0.5) is 0 Å². The first kappa shape index (κ1) is 69.3. The Bertz CT molecular complexity index is 726. The summed E-state index contributed by atoms with van der Waals surface area (Å²) in [5.41, 5.74) is 0. The number of unbranched alkanes of at least 4 members (excludes halogenated alkanes) is 30. The molecule has 0 heterocycles. The summed E-state index contributed by atoms with van der Waals surface area (Å²) in [6.07, 6.45) is 48.1. The Hall–Kier alpha value is 1.71. The summed E-state index contributed by atoms with van der Waals surface area (Å²) in [5, 5.41) is 0. The molecule has 0 aliphatic rings. The molecule has 0 saturated carbocycles. The first-order chi connectivity index (χ1) is 29.2. The third-order valence-electron chi connectivity index (χ3n) is 11.5. The molecule has 61 heavy (non-hydrogen) atoms. The molecule has 0 spiro atoms. The van der Waals surface area contributed by atoms with E-state index in [2.05, 4.69) is 56.2 Å². The molecule has 0 amide bonds. The van der Waals surface area contributed by atoms with Crippen molar-refractivity contribution in [3.63, 3.8) is 0 Å². The van der Waals surface area contributed by atoms with Crippen LogP contribution in [0.25, 0.3) is 0 Å². The Labute approximate surface area is 451 Å². The van der Waals surface area contributed by atoms with E-state index in [1.54, 1.807) is 0 Å². The average Bonchev–Trinajstić information content (AvgIpc) is 3.23. The predicted molar refractivity (Wildman–Crippen MR) is 295 cm³/mol. The van der Waals surface area contributed by atoms with Crippen LogP contribution in [0.1, 0.15) is 273 Å². The fourth-order valence-electron chi connectivity index (χ4n) is 7.38. The van der Waals surface area contributed by atoms with Crippen molar-refractivity contribution in [3.05, 3.63) is 0 Å². The Kier molecular flexibility index (Phi) is 67.8. The van der Waals surface area contributed by atoms with Gasteiger partial charge in [0.1, 0.15) is 0 Å². The molecule has 3 nitrogen and oxygen atoms in total. The molecule has 0 aromatic heterocycles. The number of nitrogens with zero attached hydrogens (tertiary/aromatic N) is 3. The molecule has 1 radical (unpaired) electrons. The third-order valence-corrected chi connectivity index (χ3v) is 13.0. The number of rotatable bonds is 42. The van der Waals surface area contributed by atoms with Gasteiger partial charge in [0.15, 0.2) is 0 Å². The Morgan fingerprint density at radius 1 is 0.246 bits per heavy atom. The molecule has 0 bridgehead atoms. The average molecular weight is 1090 g/mol. The molecule has 0 aromatic carbocycles. The van der Waals surface area contributed by atoms with E-state index in [1.807, 2.05) is 0 Å². The SMILES string of the molecule is CCCCCCCCN(CCCCCCCC)C(=S)[S-].CCCCCCCCN(CCCCCCCC)C(=S)[S-].CCCCCCCCN(CCCCCCCC)C(=S)[S-].[Ce+3]. The topological polar surface area (TPSA) is 9.72 Å². The smallest absolute Gasteiger partial charge is 0.411 e. The molecule has 0 fully saturated rings. The molecule has 0 saturated heterocycles. The van der Waals surface area contributed by atoms with Gasteiger partial charge in [-0.1, -0.05) is 247 Å². The van der Waals surface area contributed by atoms with Crippen LogP contribution in [0.15, 0.2) is 0 Å². The zero-order valence-electron chi connectivity index (χ0n) is 41.5. The molecular formula is C51H102CeN3S6. The summed E-state index contributed by atoms with van der Waals surface area (Å²) in [5.74, 6) is 0. The van der Waals surface area contributed by atoms with Crippen molar-refractivity contribution < 1.29 is 41.7 Å². The summed E-state index contributed by atoms with van der Waals surface area (Å²) < 4.78 is 2.02. The fourth-order valence-corrected chi connectivity index (χ4v) is 8.48. The Morgan fingerprint density at radius 2 is 0.361 bits per heavy atom. The molecule has 0 rings (SSSR count). The molecule has 0 N–H and O–H groups in total. The van der Waals surface area contributed by atoms with Crippen LogP contribution >= 0.6 is 36.7 Å². The summed E-state index contributed by atoms with van der Waals surface area (Å²) >= 11 is 31.2. The summed E-state index contributed by atoms with van der Waals surface area (Å²) in [6, 6.07) is 0. The van der Waals surface area contributed by atoms with E-state index in [0.717, 1.165) is 39.3 Å². The van der Waals surface area contributed by atoms with E-state index in [0.29, 0.717) is 13.0 Å². The quantitative estimate of drug-likeness (QED) is 0.0333. The first-order valence-electron chi connectivity index (χ1n) is 26.0. The van der Waals surface area contributed by atoms with Crippen LogP contribution in [-0.2, 0) is 37.9 Å². The maximum absolute atomic E-state index is 5.20. The molecule has 0 unspecified atom stereocenters. The van der Waals surface area contributed by atoms with Gasteiger partial charge >= 0.3 is 41.7 Å². The normalized spacial score (nSPS) is 10.5. The van der Waals surface area contributed by atoms with Gasteiger partial charge in [0.2, 0.25) is 0 Å². The minimum atomic E-state index is 0. The fraction of sp³-hybridized carbons (Fsp3) is 0.941. The van der Waals surface area contributed by atoms with E-state index in [4.69, 9.17) is 74.5 Å². The molecule has 0 atom stereocenters. The van der Waals surface area contributed by atoms with E-state index in [-0.39, 0.29) is 41.7 Å². The van der Waals surface area contributed by atoms with Crippen molar-refractivity contribution in [1.29, 1.82) is 0 Å². The summed E-state index contributed by atoms with van der Waals surface area (Å²) in [4.78, 5) is 6.72. The minimum absolute atomic E-state index is 0. The zero-order valence-corrected chi connectivity index (χ0v) is 49.5. The van der Waals surface area contributed by atoms with Crippen LogP contribution in [0.2, 0.25) is 0 Å². The standard InChI is InChI=1S/3C17H35NS2.Ce/c3*1-3-5-7-9-11-13-15-18(17(19)20)16-14-12-10-8-6-4-2;/h3*3-16H2,1-2H3,(H,19,20);/q;;;+3/p-3. The van der Waals surface area contributed by atoms with E-state index < -0.39 is 0 Å². The predicted octanol–water partition coefficient (Wildman–Crippen LogP) is 17.5. The van der Waals surface area contributed by atoms with Gasteiger partial charge in [-0.15, -0.1) is 0 Å². The van der Waals surface area contributed by atoms with Crippen LogP contribution < -0.4 is 0 Å². The van der Waals surface area contributed by atoms with Crippen molar-refractivity contribution in [2.75, 3.05) is 39.3 Å². The van der Waals surface area contributed by atoms with Gasteiger partial charge < -0.3 is 89.2 Å². The summed E-state index contributed by atoms with van der Waals surface area (Å²) in [7, 11) is 0. The maximum atomic E-state index is 5.20. The Balaban J connectivity index is -0.000000396. The third kappa shape index (κ3) is 57.8. The zero-order chi connectivity index (χ0) is 45.2. The van der Waals surface area contributed by atoms with Gasteiger partial charge in [0.25, 0.3) is 0 Å². The summed E-state index contributed by atoms with van der Waals surface area (Å²) in [6.45, 7) is 20.0. The van der Waals surface area contributed by atoms with Crippen molar-refractivity contribution in [2.45, 2.75) is 273 Å². The number of thiocarbonyl (C=S) groups is 3. The van der Waals surface area contributed by atoms with E-state index in [1.165, 1.54) is 231 Å². The number of hydrogen-bond donors (Lipinski definition) is 0. The van der Waals surface area contributed by atoms with Gasteiger partial charge in [-0.25, -0.2) is 0 Å². The molecule has 0 aliphatic carbocycles. The van der Waals surface area contributed by atoms with E-state index >= 15 is 0 Å². The van der Waals surface area contributed by atoms with Crippen molar-refractivity contribution >= 4 is 87.5 Å². The molecule has 0 aromatic rings. The molecule has 361 valence electrons.